The maximum Gasteiger partial charge on any atom is 0.0733 e. The molecule has 0 aliphatic heterocycles. The van der Waals surface area contributed by atoms with Crippen LogP contribution in [0.15, 0.2) is 36.9 Å². The van der Waals surface area contributed by atoms with Crippen LogP contribution in [0.2, 0.25) is 0 Å². The van der Waals surface area contributed by atoms with Gasteiger partial charge in [0.1, 0.15) is 0 Å². The lowest BCUT2D eigenvalue weighted by Gasteiger charge is -2.14. The van der Waals surface area contributed by atoms with E-state index >= 15 is 0 Å². The lowest BCUT2D eigenvalue weighted by Crippen LogP contribution is -2.12. The van der Waals surface area contributed by atoms with Gasteiger partial charge in [-0.1, -0.05) is 24.3 Å². The predicted octanol–water partition coefficient (Wildman–Crippen LogP) is 2.82. The van der Waals surface area contributed by atoms with Crippen LogP contribution in [0, 0.1) is 0 Å². The molecule has 2 nitrogen and oxygen atoms in total. The number of rotatable bonds is 5. The average molecular weight is 191 g/mol. The molecule has 76 valence electrons. The molecule has 0 saturated carbocycles. The minimum Gasteiger partial charge on any atom is -0.380 e. The Balaban J connectivity index is 2.78. The summed E-state index contributed by atoms with van der Waals surface area (Å²) in [6.45, 7) is 6.44. The van der Waals surface area contributed by atoms with Crippen LogP contribution in [-0.2, 0) is 11.3 Å². The summed E-state index contributed by atoms with van der Waals surface area (Å²) in [5.41, 5.74) is 2.28. The van der Waals surface area contributed by atoms with Gasteiger partial charge in [-0.25, -0.2) is 0 Å². The fraction of sp³-hybridized carbons (Fsp3) is 0.333. The number of methoxy groups -OCH3 is 1. The summed E-state index contributed by atoms with van der Waals surface area (Å²) in [6.07, 6.45) is 1.88. The van der Waals surface area contributed by atoms with Gasteiger partial charge >= 0.3 is 0 Å². The Morgan fingerprint density at radius 1 is 1.50 bits per heavy atom. The second-order valence-corrected chi connectivity index (χ2v) is 3.26. The zero-order valence-electron chi connectivity index (χ0n) is 8.79. The highest BCUT2D eigenvalue weighted by Gasteiger charge is 2.02. The Morgan fingerprint density at radius 2 is 2.21 bits per heavy atom. The molecule has 0 aromatic heterocycles. The van der Waals surface area contributed by atoms with Crippen molar-refractivity contribution in [2.45, 2.75) is 19.6 Å². The van der Waals surface area contributed by atoms with E-state index in [1.165, 1.54) is 5.56 Å². The first-order valence-electron chi connectivity index (χ1n) is 4.74. The van der Waals surface area contributed by atoms with Crippen molar-refractivity contribution in [1.29, 1.82) is 0 Å². The third-order valence-electron chi connectivity index (χ3n) is 2.05. The summed E-state index contributed by atoms with van der Waals surface area (Å²) in [7, 11) is 1.70. The Hall–Kier alpha value is -1.28. The van der Waals surface area contributed by atoms with E-state index in [4.69, 9.17) is 4.74 Å². The van der Waals surface area contributed by atoms with E-state index in [1.54, 1.807) is 7.11 Å². The van der Waals surface area contributed by atoms with Gasteiger partial charge in [-0.2, -0.15) is 0 Å². The first kappa shape index (κ1) is 10.8. The average Bonchev–Trinajstić information content (AvgIpc) is 2.21. The Bertz CT molecular complexity index is 296. The Morgan fingerprint density at radius 3 is 2.86 bits per heavy atom. The predicted molar refractivity (Wildman–Crippen MR) is 60.4 cm³/mol. The van der Waals surface area contributed by atoms with E-state index < -0.39 is 0 Å². The summed E-state index contributed by atoms with van der Waals surface area (Å²) in [6, 6.07) is 8.40. The normalized spacial score (nSPS) is 12.1. The van der Waals surface area contributed by atoms with E-state index in [0.717, 1.165) is 5.69 Å². The molecule has 14 heavy (non-hydrogen) atoms. The molecule has 0 radical (unpaired) electrons. The van der Waals surface area contributed by atoms with E-state index in [0.29, 0.717) is 6.61 Å². The second kappa shape index (κ2) is 5.45. The molecule has 1 rings (SSSR count). The molecule has 0 bridgehead atoms. The molecule has 0 spiro atoms. The summed E-state index contributed by atoms with van der Waals surface area (Å²) in [5, 5.41) is 3.35. The Labute approximate surface area is 85.6 Å². The zero-order valence-corrected chi connectivity index (χ0v) is 8.79. The van der Waals surface area contributed by atoms with Crippen LogP contribution in [0.4, 0.5) is 5.69 Å². The van der Waals surface area contributed by atoms with Crippen molar-refractivity contribution in [3.8, 4) is 0 Å². The van der Waals surface area contributed by atoms with E-state index in [1.807, 2.05) is 24.3 Å². The monoisotopic (exact) mass is 191 g/mol. The van der Waals surface area contributed by atoms with Crippen LogP contribution in [0.1, 0.15) is 12.5 Å². The molecule has 1 aromatic rings. The smallest absolute Gasteiger partial charge is 0.0733 e. The molecular weight excluding hydrogens is 174 g/mol. The lowest BCUT2D eigenvalue weighted by atomic mass is 10.1. The SMILES string of the molecule is C=CC(C)Nc1ccccc1COC. The fourth-order valence-corrected chi connectivity index (χ4v) is 1.25. The molecule has 0 aliphatic rings. The van der Waals surface area contributed by atoms with Gasteiger partial charge in [0, 0.05) is 24.4 Å². The number of hydrogen-bond acceptors (Lipinski definition) is 2. The molecular formula is C12H17NO. The molecule has 0 amide bonds. The number of nitrogens with one attached hydrogen (secondary N) is 1. The quantitative estimate of drug-likeness (QED) is 0.722. The highest BCUT2D eigenvalue weighted by Crippen LogP contribution is 2.16. The van der Waals surface area contributed by atoms with Crippen LogP contribution < -0.4 is 5.32 Å². The van der Waals surface area contributed by atoms with Crippen LogP contribution in [0.25, 0.3) is 0 Å². The molecule has 2 heteroatoms. The van der Waals surface area contributed by atoms with Crippen molar-refractivity contribution >= 4 is 5.69 Å². The van der Waals surface area contributed by atoms with Gasteiger partial charge in [-0.05, 0) is 13.0 Å². The number of benzene rings is 1. The van der Waals surface area contributed by atoms with Crippen LogP contribution in [0.5, 0.6) is 0 Å². The minimum atomic E-state index is 0.271. The maximum absolute atomic E-state index is 5.12. The first-order valence-corrected chi connectivity index (χ1v) is 4.74. The molecule has 0 fully saturated rings. The third-order valence-corrected chi connectivity index (χ3v) is 2.05. The second-order valence-electron chi connectivity index (χ2n) is 3.26. The summed E-state index contributed by atoms with van der Waals surface area (Å²) < 4.78 is 5.12. The summed E-state index contributed by atoms with van der Waals surface area (Å²) in [4.78, 5) is 0. The number of anilines is 1. The van der Waals surface area contributed by atoms with E-state index in [-0.39, 0.29) is 6.04 Å². The molecule has 1 atom stereocenters. The van der Waals surface area contributed by atoms with Gasteiger partial charge < -0.3 is 10.1 Å². The van der Waals surface area contributed by atoms with Crippen molar-refractivity contribution in [2.75, 3.05) is 12.4 Å². The summed E-state index contributed by atoms with van der Waals surface area (Å²) >= 11 is 0. The van der Waals surface area contributed by atoms with Gasteiger partial charge in [0.25, 0.3) is 0 Å². The van der Waals surface area contributed by atoms with Crippen LogP contribution >= 0.6 is 0 Å². The number of para-hydroxylation sites is 1. The molecule has 1 aromatic carbocycles. The zero-order chi connectivity index (χ0) is 10.4. The highest BCUT2D eigenvalue weighted by molar-refractivity contribution is 5.51. The molecule has 0 heterocycles. The van der Waals surface area contributed by atoms with Crippen molar-refractivity contribution in [1.82, 2.24) is 0 Å². The third kappa shape index (κ3) is 2.89. The van der Waals surface area contributed by atoms with Crippen molar-refractivity contribution < 1.29 is 4.74 Å². The van der Waals surface area contributed by atoms with Gasteiger partial charge in [0.15, 0.2) is 0 Å². The summed E-state index contributed by atoms with van der Waals surface area (Å²) in [5.74, 6) is 0. The van der Waals surface area contributed by atoms with Gasteiger partial charge in [-0.3, -0.25) is 0 Å². The minimum absolute atomic E-state index is 0.271. The molecule has 1 unspecified atom stereocenters. The van der Waals surface area contributed by atoms with Gasteiger partial charge in [-0.15, -0.1) is 6.58 Å². The molecule has 0 aliphatic carbocycles. The first-order chi connectivity index (χ1) is 6.77. The topological polar surface area (TPSA) is 21.3 Å². The van der Waals surface area contributed by atoms with E-state index in [2.05, 4.69) is 24.9 Å². The molecule has 0 saturated heterocycles. The standard InChI is InChI=1S/C12H17NO/c1-4-10(2)13-12-8-6-5-7-11(12)9-14-3/h4-8,10,13H,1,9H2,2-3H3. The van der Waals surface area contributed by atoms with Crippen molar-refractivity contribution in [2.24, 2.45) is 0 Å². The number of hydrogen-bond donors (Lipinski definition) is 1. The van der Waals surface area contributed by atoms with Gasteiger partial charge in [0.2, 0.25) is 0 Å². The number of ether oxygens (including phenoxy) is 1. The van der Waals surface area contributed by atoms with E-state index in [9.17, 15) is 0 Å². The molecule has 1 N–H and O–H groups in total. The maximum atomic E-state index is 5.12. The Kier molecular flexibility index (Phi) is 4.20. The van der Waals surface area contributed by atoms with Crippen molar-refractivity contribution in [3.63, 3.8) is 0 Å². The largest absolute Gasteiger partial charge is 0.380 e. The van der Waals surface area contributed by atoms with Crippen LogP contribution in [-0.4, -0.2) is 13.2 Å². The fourth-order valence-electron chi connectivity index (χ4n) is 1.25. The van der Waals surface area contributed by atoms with Gasteiger partial charge in [0.05, 0.1) is 6.61 Å². The lowest BCUT2D eigenvalue weighted by molar-refractivity contribution is 0.185. The van der Waals surface area contributed by atoms with Crippen LogP contribution in [0.3, 0.4) is 0 Å². The van der Waals surface area contributed by atoms with Crippen molar-refractivity contribution in [3.05, 3.63) is 42.5 Å². The highest BCUT2D eigenvalue weighted by atomic mass is 16.5.